The molecule has 0 atom stereocenters. The normalized spacial score (nSPS) is 15.2. The van der Waals surface area contributed by atoms with Gasteiger partial charge in [0.1, 0.15) is 5.57 Å². The Morgan fingerprint density at radius 3 is 2.60 bits per heavy atom. The summed E-state index contributed by atoms with van der Waals surface area (Å²) in [4.78, 5) is 51.8. The van der Waals surface area contributed by atoms with Gasteiger partial charge in [0.2, 0.25) is 6.79 Å². The first-order valence-corrected chi connectivity index (χ1v) is 12.9. The van der Waals surface area contributed by atoms with Crippen LogP contribution >= 0.6 is 15.9 Å². The molecule has 0 unspecified atom stereocenters. The van der Waals surface area contributed by atoms with Crippen LogP contribution in [0.25, 0.3) is 6.08 Å². The molecule has 5 amide bonds. The molecule has 2 aliphatic heterocycles. The maximum atomic E-state index is 13.3. The Kier molecular flexibility index (Phi) is 7.69. The molecule has 0 aromatic heterocycles. The third-order valence-electron chi connectivity index (χ3n) is 5.76. The van der Waals surface area contributed by atoms with Crippen LogP contribution in [0.2, 0.25) is 0 Å². The smallest absolute Gasteiger partial charge is 0.335 e. The van der Waals surface area contributed by atoms with Crippen molar-refractivity contribution < 1.29 is 38.1 Å². The summed E-state index contributed by atoms with van der Waals surface area (Å²) in [7, 11) is 0. The molecule has 1 saturated heterocycles. The van der Waals surface area contributed by atoms with Crippen molar-refractivity contribution in [2.24, 2.45) is 0 Å². The quantitative estimate of drug-likeness (QED) is 0.287. The highest BCUT2D eigenvalue weighted by Gasteiger charge is 2.37. The fourth-order valence-electron chi connectivity index (χ4n) is 4.01. The second-order valence-corrected chi connectivity index (χ2v) is 9.32. The lowest BCUT2D eigenvalue weighted by Gasteiger charge is -2.26. The van der Waals surface area contributed by atoms with Crippen molar-refractivity contribution >= 4 is 57.1 Å². The predicted molar refractivity (Wildman–Crippen MR) is 147 cm³/mol. The maximum Gasteiger partial charge on any atom is 0.335 e. The van der Waals surface area contributed by atoms with E-state index < -0.39 is 17.8 Å². The van der Waals surface area contributed by atoms with Gasteiger partial charge in [-0.15, -0.1) is 0 Å². The summed E-state index contributed by atoms with van der Waals surface area (Å²) >= 11 is 3.43. The summed E-state index contributed by atoms with van der Waals surface area (Å²) in [5.74, 6) is -0.636. The van der Waals surface area contributed by atoms with Crippen LogP contribution in [0.15, 0.2) is 70.7 Å². The molecule has 12 heteroatoms. The van der Waals surface area contributed by atoms with Gasteiger partial charge >= 0.3 is 6.03 Å². The highest BCUT2D eigenvalue weighted by Crippen LogP contribution is 2.39. The van der Waals surface area contributed by atoms with Gasteiger partial charge in [0, 0.05) is 11.8 Å². The largest absolute Gasteiger partial charge is 0.490 e. The van der Waals surface area contributed by atoms with Crippen LogP contribution in [0.3, 0.4) is 0 Å². The second kappa shape index (κ2) is 11.5. The maximum absolute atomic E-state index is 13.3. The van der Waals surface area contributed by atoms with Gasteiger partial charge in [0.25, 0.3) is 17.7 Å². The zero-order valence-corrected chi connectivity index (χ0v) is 22.6. The van der Waals surface area contributed by atoms with Gasteiger partial charge in [0.05, 0.1) is 16.8 Å². The highest BCUT2D eigenvalue weighted by molar-refractivity contribution is 9.10. The SMILES string of the molecule is CCOc1cc(/C=C2\C(=O)NC(=O)N(c3ccc4c(c3)OCO4)C2=O)cc(Br)c1OCC(=O)Nc1ccccc1. The molecule has 1 fully saturated rings. The summed E-state index contributed by atoms with van der Waals surface area (Å²) in [6.07, 6.45) is 1.34. The van der Waals surface area contributed by atoms with E-state index >= 15 is 0 Å². The molecule has 0 radical (unpaired) electrons. The van der Waals surface area contributed by atoms with E-state index in [9.17, 15) is 19.2 Å². The van der Waals surface area contributed by atoms with Crippen LogP contribution in [0, 0.1) is 0 Å². The Balaban J connectivity index is 1.39. The van der Waals surface area contributed by atoms with Gasteiger partial charge < -0.3 is 24.3 Å². The fraction of sp³-hybridized carbons (Fsp3) is 0.143. The number of nitrogens with zero attached hydrogens (tertiary/aromatic N) is 1. The average Bonchev–Trinajstić information content (AvgIpc) is 3.39. The lowest BCUT2D eigenvalue weighted by atomic mass is 10.1. The number of carbonyl (C=O) groups excluding carboxylic acids is 4. The lowest BCUT2D eigenvalue weighted by molar-refractivity contribution is -0.122. The molecule has 0 bridgehead atoms. The van der Waals surface area contributed by atoms with E-state index in [1.54, 1.807) is 49.4 Å². The number of urea groups is 1. The number of imide groups is 2. The van der Waals surface area contributed by atoms with E-state index in [0.29, 0.717) is 27.2 Å². The lowest BCUT2D eigenvalue weighted by Crippen LogP contribution is -2.54. The molecule has 0 aliphatic carbocycles. The first-order valence-electron chi connectivity index (χ1n) is 12.1. The molecule has 2 aliphatic rings. The van der Waals surface area contributed by atoms with Crippen LogP contribution in [-0.4, -0.2) is 43.8 Å². The minimum absolute atomic E-state index is 0.0248. The first kappa shape index (κ1) is 26.8. The summed E-state index contributed by atoms with van der Waals surface area (Å²) in [6.45, 7) is 1.79. The number of rotatable bonds is 8. The highest BCUT2D eigenvalue weighted by atomic mass is 79.9. The van der Waals surface area contributed by atoms with Gasteiger partial charge in [-0.2, -0.15) is 0 Å². The molecular weight excluding hydrogens is 586 g/mol. The van der Waals surface area contributed by atoms with Crippen LogP contribution in [-0.2, 0) is 14.4 Å². The Labute approximate surface area is 236 Å². The first-order chi connectivity index (χ1) is 19.3. The number of barbiturate groups is 1. The fourth-order valence-corrected chi connectivity index (χ4v) is 4.59. The molecule has 0 saturated carbocycles. The van der Waals surface area contributed by atoms with Gasteiger partial charge in [0.15, 0.2) is 29.6 Å². The van der Waals surface area contributed by atoms with Crippen molar-refractivity contribution in [3.05, 3.63) is 76.3 Å². The number of amides is 5. The minimum atomic E-state index is -0.889. The molecule has 2 N–H and O–H groups in total. The number of benzene rings is 3. The number of fused-ring (bicyclic) bond motifs is 1. The molecule has 3 aromatic rings. The Morgan fingerprint density at radius 1 is 1.05 bits per heavy atom. The Bertz CT molecular complexity index is 1540. The van der Waals surface area contributed by atoms with Crippen molar-refractivity contribution in [1.29, 1.82) is 0 Å². The third-order valence-corrected chi connectivity index (χ3v) is 6.35. The topological polar surface area (TPSA) is 133 Å². The number of hydrogen-bond acceptors (Lipinski definition) is 8. The van der Waals surface area contributed by atoms with Crippen molar-refractivity contribution in [2.75, 3.05) is 30.2 Å². The molecule has 11 nitrogen and oxygen atoms in total. The number of ether oxygens (including phenoxy) is 4. The van der Waals surface area contributed by atoms with Crippen molar-refractivity contribution in [3.63, 3.8) is 0 Å². The minimum Gasteiger partial charge on any atom is -0.490 e. The number of para-hydroxylation sites is 1. The van der Waals surface area contributed by atoms with Gasteiger partial charge in [-0.05, 0) is 70.9 Å². The van der Waals surface area contributed by atoms with Crippen molar-refractivity contribution in [1.82, 2.24) is 5.32 Å². The van der Waals surface area contributed by atoms with Crippen LogP contribution in [0.1, 0.15) is 12.5 Å². The van der Waals surface area contributed by atoms with Crippen LogP contribution in [0.5, 0.6) is 23.0 Å². The summed E-state index contributed by atoms with van der Waals surface area (Å²) < 4.78 is 22.5. The van der Waals surface area contributed by atoms with E-state index in [-0.39, 0.29) is 48.7 Å². The molecule has 204 valence electrons. The summed E-state index contributed by atoms with van der Waals surface area (Å²) in [6, 6.07) is 15.8. The summed E-state index contributed by atoms with van der Waals surface area (Å²) in [5, 5.41) is 4.92. The van der Waals surface area contributed by atoms with Crippen molar-refractivity contribution in [2.45, 2.75) is 6.92 Å². The van der Waals surface area contributed by atoms with E-state index in [1.165, 1.54) is 18.2 Å². The monoisotopic (exact) mass is 607 g/mol. The zero-order valence-electron chi connectivity index (χ0n) is 21.1. The molecule has 5 rings (SSSR count). The number of anilines is 2. The average molecular weight is 608 g/mol. The molecule has 0 spiro atoms. The van der Waals surface area contributed by atoms with E-state index in [1.807, 2.05) is 6.07 Å². The van der Waals surface area contributed by atoms with Gasteiger partial charge in [-0.3, -0.25) is 19.7 Å². The predicted octanol–water partition coefficient (Wildman–Crippen LogP) is 4.26. The van der Waals surface area contributed by atoms with Crippen LogP contribution in [0.4, 0.5) is 16.2 Å². The van der Waals surface area contributed by atoms with Gasteiger partial charge in [-0.1, -0.05) is 18.2 Å². The number of halogens is 1. The molecule has 3 aromatic carbocycles. The van der Waals surface area contributed by atoms with E-state index in [2.05, 4.69) is 26.6 Å². The van der Waals surface area contributed by atoms with Crippen LogP contribution < -0.4 is 34.5 Å². The summed E-state index contributed by atoms with van der Waals surface area (Å²) in [5.41, 5.74) is 0.974. The van der Waals surface area contributed by atoms with E-state index in [0.717, 1.165) is 4.90 Å². The van der Waals surface area contributed by atoms with E-state index in [4.69, 9.17) is 18.9 Å². The third kappa shape index (κ3) is 5.61. The van der Waals surface area contributed by atoms with Crippen molar-refractivity contribution in [3.8, 4) is 23.0 Å². The standard InChI is InChI=1S/C28H22BrN3O8/c1-2-37-23-12-16(11-20(29)25(23)38-14-24(33)30-17-6-4-3-5-7-17)10-19-26(34)31-28(36)32(27(19)35)18-8-9-21-22(13-18)40-15-39-21/h3-13H,2,14-15H2,1H3,(H,30,33)(H,31,34,36)/b19-10+. The Hall–Kier alpha value is -4.84. The number of carbonyl (C=O) groups is 4. The number of nitrogens with one attached hydrogen (secondary N) is 2. The second-order valence-electron chi connectivity index (χ2n) is 8.46. The molecular formula is C28H22BrN3O8. The molecule has 40 heavy (non-hydrogen) atoms. The van der Waals surface area contributed by atoms with Gasteiger partial charge in [-0.25, -0.2) is 9.69 Å². The Morgan fingerprint density at radius 2 is 1.82 bits per heavy atom. The molecule has 2 heterocycles. The zero-order chi connectivity index (χ0) is 28.2. The number of hydrogen-bond donors (Lipinski definition) is 2.